The molecule has 1 aliphatic rings. The molecule has 1 aromatic rings. The average molecular weight is 298 g/mol. The van der Waals surface area contributed by atoms with Crippen LogP contribution < -0.4 is 5.32 Å². The first-order chi connectivity index (χ1) is 9.47. The topological polar surface area (TPSA) is 12.0 Å². The lowest BCUT2D eigenvalue weighted by atomic mass is 9.74. The summed E-state index contributed by atoms with van der Waals surface area (Å²) in [6.45, 7) is 7.66. The van der Waals surface area contributed by atoms with Crippen LogP contribution in [0.25, 0.3) is 0 Å². The fraction of sp³-hybridized carbons (Fsp3) is 0.647. The number of halogens is 2. The van der Waals surface area contributed by atoms with E-state index >= 15 is 0 Å². The highest BCUT2D eigenvalue weighted by molar-refractivity contribution is 6.31. The van der Waals surface area contributed by atoms with E-state index in [1.807, 2.05) is 0 Å². The Morgan fingerprint density at radius 2 is 2.10 bits per heavy atom. The van der Waals surface area contributed by atoms with Gasteiger partial charge in [-0.3, -0.25) is 0 Å². The van der Waals surface area contributed by atoms with Crippen molar-refractivity contribution in [2.24, 2.45) is 17.8 Å². The van der Waals surface area contributed by atoms with Crippen LogP contribution in [-0.2, 0) is 6.54 Å². The van der Waals surface area contributed by atoms with Crippen LogP contribution in [0, 0.1) is 23.6 Å². The largest absolute Gasteiger partial charge is 0.310 e. The summed E-state index contributed by atoms with van der Waals surface area (Å²) in [6.07, 6.45) is 3.85. The van der Waals surface area contributed by atoms with Gasteiger partial charge in [-0.25, -0.2) is 4.39 Å². The van der Waals surface area contributed by atoms with Gasteiger partial charge in [0.2, 0.25) is 0 Å². The van der Waals surface area contributed by atoms with Crippen LogP contribution in [0.2, 0.25) is 5.02 Å². The minimum atomic E-state index is -0.273. The summed E-state index contributed by atoms with van der Waals surface area (Å²) < 4.78 is 13.1. The molecule has 0 amide bonds. The third kappa shape index (κ3) is 3.95. The van der Waals surface area contributed by atoms with Crippen LogP contribution >= 0.6 is 11.6 Å². The van der Waals surface area contributed by atoms with E-state index in [9.17, 15) is 4.39 Å². The third-order valence-corrected chi connectivity index (χ3v) is 4.94. The molecule has 3 atom stereocenters. The molecule has 3 heteroatoms. The summed E-state index contributed by atoms with van der Waals surface area (Å²) in [5.41, 5.74) is 0.980. The SMILES string of the molecule is CC1CCC(C(C)C)C(NCc2ccc(F)cc2Cl)C1. The fourth-order valence-corrected chi connectivity index (χ4v) is 3.58. The first kappa shape index (κ1) is 15.8. The molecule has 0 bridgehead atoms. The van der Waals surface area contributed by atoms with Gasteiger partial charge in [-0.15, -0.1) is 0 Å². The Kier molecular flexibility index (Phi) is 5.45. The van der Waals surface area contributed by atoms with Crippen molar-refractivity contribution in [1.29, 1.82) is 0 Å². The van der Waals surface area contributed by atoms with Gasteiger partial charge >= 0.3 is 0 Å². The van der Waals surface area contributed by atoms with Gasteiger partial charge in [-0.2, -0.15) is 0 Å². The molecule has 0 aromatic heterocycles. The Balaban J connectivity index is 2.00. The Morgan fingerprint density at radius 1 is 1.35 bits per heavy atom. The number of rotatable bonds is 4. The normalized spacial score (nSPS) is 27.0. The highest BCUT2D eigenvalue weighted by Gasteiger charge is 2.30. The molecule has 0 saturated heterocycles. The lowest BCUT2D eigenvalue weighted by Gasteiger charge is -2.38. The van der Waals surface area contributed by atoms with E-state index in [0.717, 1.165) is 23.9 Å². The van der Waals surface area contributed by atoms with Crippen molar-refractivity contribution in [3.63, 3.8) is 0 Å². The molecular formula is C17H25ClFN. The van der Waals surface area contributed by atoms with E-state index in [0.29, 0.717) is 17.0 Å². The van der Waals surface area contributed by atoms with E-state index in [1.54, 1.807) is 6.07 Å². The van der Waals surface area contributed by atoms with Crippen molar-refractivity contribution >= 4 is 11.6 Å². The molecular weight excluding hydrogens is 273 g/mol. The third-order valence-electron chi connectivity index (χ3n) is 4.59. The second-order valence-electron chi connectivity index (χ2n) is 6.55. The zero-order chi connectivity index (χ0) is 14.7. The van der Waals surface area contributed by atoms with Crippen LogP contribution in [0.4, 0.5) is 4.39 Å². The van der Waals surface area contributed by atoms with E-state index in [-0.39, 0.29) is 5.82 Å². The van der Waals surface area contributed by atoms with Crippen LogP contribution in [0.1, 0.15) is 45.6 Å². The van der Waals surface area contributed by atoms with Crippen molar-refractivity contribution in [2.45, 2.75) is 52.6 Å². The summed E-state index contributed by atoms with van der Waals surface area (Å²) >= 11 is 6.09. The van der Waals surface area contributed by atoms with E-state index < -0.39 is 0 Å². The van der Waals surface area contributed by atoms with Gasteiger partial charge < -0.3 is 5.32 Å². The molecule has 3 unspecified atom stereocenters. The summed E-state index contributed by atoms with van der Waals surface area (Å²) in [6, 6.07) is 5.19. The van der Waals surface area contributed by atoms with Crippen molar-refractivity contribution in [2.75, 3.05) is 0 Å². The molecule has 2 rings (SSSR count). The Labute approximate surface area is 126 Å². The van der Waals surface area contributed by atoms with Gasteiger partial charge in [-0.05, 0) is 48.3 Å². The standard InChI is InChI=1S/C17H25ClFN/c1-11(2)15-7-4-12(3)8-17(15)20-10-13-5-6-14(19)9-16(13)18/h5-6,9,11-12,15,17,20H,4,7-8,10H2,1-3H3. The first-order valence-corrected chi connectivity index (χ1v) is 8.02. The van der Waals surface area contributed by atoms with Gasteiger partial charge in [0, 0.05) is 17.6 Å². The number of nitrogens with one attached hydrogen (secondary N) is 1. The van der Waals surface area contributed by atoms with Gasteiger partial charge in [0.05, 0.1) is 0 Å². The summed E-state index contributed by atoms with van der Waals surface area (Å²) in [4.78, 5) is 0. The maximum atomic E-state index is 13.1. The molecule has 20 heavy (non-hydrogen) atoms. The molecule has 0 spiro atoms. The molecule has 0 radical (unpaired) electrons. The van der Waals surface area contributed by atoms with E-state index in [1.165, 1.54) is 31.4 Å². The van der Waals surface area contributed by atoms with Gasteiger partial charge in [0.1, 0.15) is 5.82 Å². The fourth-order valence-electron chi connectivity index (χ4n) is 3.34. The lowest BCUT2D eigenvalue weighted by Crippen LogP contribution is -2.42. The predicted octanol–water partition coefficient (Wildman–Crippen LogP) is 5.03. The minimum Gasteiger partial charge on any atom is -0.310 e. The number of hydrogen-bond donors (Lipinski definition) is 1. The molecule has 1 aliphatic carbocycles. The molecule has 1 fully saturated rings. The monoisotopic (exact) mass is 297 g/mol. The van der Waals surface area contributed by atoms with Crippen LogP contribution in [-0.4, -0.2) is 6.04 Å². The smallest absolute Gasteiger partial charge is 0.124 e. The van der Waals surface area contributed by atoms with Crippen LogP contribution in [0.5, 0.6) is 0 Å². The van der Waals surface area contributed by atoms with E-state index in [4.69, 9.17) is 11.6 Å². The number of benzene rings is 1. The molecule has 1 aromatic carbocycles. The first-order valence-electron chi connectivity index (χ1n) is 7.64. The van der Waals surface area contributed by atoms with Gasteiger partial charge in [0.25, 0.3) is 0 Å². The zero-order valence-corrected chi connectivity index (χ0v) is 13.4. The van der Waals surface area contributed by atoms with Crippen molar-refractivity contribution in [1.82, 2.24) is 5.32 Å². The zero-order valence-electron chi connectivity index (χ0n) is 12.6. The average Bonchev–Trinajstić information content (AvgIpc) is 2.37. The second kappa shape index (κ2) is 6.91. The molecule has 0 heterocycles. The second-order valence-corrected chi connectivity index (χ2v) is 6.96. The Hall–Kier alpha value is -0.600. The summed E-state index contributed by atoms with van der Waals surface area (Å²) in [5, 5.41) is 4.17. The van der Waals surface area contributed by atoms with Gasteiger partial charge in [-0.1, -0.05) is 44.9 Å². The Morgan fingerprint density at radius 3 is 2.75 bits per heavy atom. The molecule has 0 aliphatic heterocycles. The highest BCUT2D eigenvalue weighted by Crippen LogP contribution is 2.33. The van der Waals surface area contributed by atoms with Gasteiger partial charge in [0.15, 0.2) is 0 Å². The van der Waals surface area contributed by atoms with Crippen molar-refractivity contribution in [3.05, 3.63) is 34.6 Å². The van der Waals surface area contributed by atoms with Crippen LogP contribution in [0.3, 0.4) is 0 Å². The number of hydrogen-bond acceptors (Lipinski definition) is 1. The summed E-state index contributed by atoms with van der Waals surface area (Å²) in [5.74, 6) is 1.94. The molecule has 1 saturated carbocycles. The maximum absolute atomic E-state index is 13.1. The maximum Gasteiger partial charge on any atom is 0.124 e. The van der Waals surface area contributed by atoms with E-state index in [2.05, 4.69) is 26.1 Å². The molecule has 112 valence electrons. The quantitative estimate of drug-likeness (QED) is 0.822. The minimum absolute atomic E-state index is 0.273. The summed E-state index contributed by atoms with van der Waals surface area (Å²) in [7, 11) is 0. The van der Waals surface area contributed by atoms with Crippen molar-refractivity contribution < 1.29 is 4.39 Å². The van der Waals surface area contributed by atoms with Crippen LogP contribution in [0.15, 0.2) is 18.2 Å². The predicted molar refractivity (Wildman–Crippen MR) is 83.4 cm³/mol. The molecule has 1 N–H and O–H groups in total. The lowest BCUT2D eigenvalue weighted by molar-refractivity contribution is 0.169. The molecule has 1 nitrogen and oxygen atoms in total. The highest BCUT2D eigenvalue weighted by atomic mass is 35.5. The van der Waals surface area contributed by atoms with Crippen molar-refractivity contribution in [3.8, 4) is 0 Å². The Bertz CT molecular complexity index is 447.